The first kappa shape index (κ1) is 14.1. The zero-order valence-corrected chi connectivity index (χ0v) is 12.5. The fraction of sp³-hybridized carbons (Fsp3) is 0.267. The summed E-state index contributed by atoms with van der Waals surface area (Å²) in [5, 5.41) is 5.40. The summed E-state index contributed by atoms with van der Waals surface area (Å²) in [6, 6.07) is 3.87. The molecule has 3 aromatic rings. The molecule has 0 aliphatic carbocycles. The van der Waals surface area contributed by atoms with Gasteiger partial charge in [0.25, 0.3) is 0 Å². The molecule has 0 bridgehead atoms. The quantitative estimate of drug-likeness (QED) is 0.800. The summed E-state index contributed by atoms with van der Waals surface area (Å²) < 4.78 is 20.9. The third kappa shape index (κ3) is 2.22. The topological polar surface area (TPSA) is 57.0 Å². The standard InChI is InChI=1S/C15H15ClFN3O/c1-3-20-14(11(16)7-19-20)13(18)15-8(2)10-6-9(17)4-5-12(10)21-15/h4-7,13H,3,18H2,1-2H3. The molecular weight excluding hydrogens is 293 g/mol. The normalized spacial score (nSPS) is 13.0. The first-order chi connectivity index (χ1) is 10.0. The maximum atomic E-state index is 13.4. The molecule has 1 atom stereocenters. The highest BCUT2D eigenvalue weighted by molar-refractivity contribution is 6.31. The first-order valence-electron chi connectivity index (χ1n) is 6.68. The number of benzene rings is 1. The molecule has 0 spiro atoms. The van der Waals surface area contributed by atoms with E-state index in [-0.39, 0.29) is 5.82 Å². The Hall–Kier alpha value is -1.85. The number of furan rings is 1. The summed E-state index contributed by atoms with van der Waals surface area (Å²) in [6.07, 6.45) is 1.57. The van der Waals surface area contributed by atoms with Crippen molar-refractivity contribution in [3.8, 4) is 0 Å². The Bertz CT molecular complexity index is 809. The van der Waals surface area contributed by atoms with Gasteiger partial charge in [-0.05, 0) is 32.0 Å². The summed E-state index contributed by atoms with van der Waals surface area (Å²) in [7, 11) is 0. The molecule has 2 N–H and O–H groups in total. The van der Waals surface area contributed by atoms with Crippen molar-refractivity contribution in [2.75, 3.05) is 0 Å². The van der Waals surface area contributed by atoms with E-state index < -0.39 is 6.04 Å². The van der Waals surface area contributed by atoms with Crippen molar-refractivity contribution >= 4 is 22.6 Å². The van der Waals surface area contributed by atoms with Crippen molar-refractivity contribution < 1.29 is 8.81 Å². The number of aromatic nitrogens is 2. The molecule has 0 radical (unpaired) electrons. The van der Waals surface area contributed by atoms with Gasteiger partial charge in [-0.15, -0.1) is 0 Å². The second kappa shape index (κ2) is 5.16. The molecule has 0 amide bonds. The number of hydrogen-bond donors (Lipinski definition) is 1. The fourth-order valence-corrected chi connectivity index (χ4v) is 2.82. The van der Waals surface area contributed by atoms with Crippen LogP contribution in [-0.4, -0.2) is 9.78 Å². The van der Waals surface area contributed by atoms with E-state index in [1.165, 1.54) is 12.1 Å². The van der Waals surface area contributed by atoms with E-state index in [4.69, 9.17) is 21.8 Å². The van der Waals surface area contributed by atoms with Crippen LogP contribution in [0.4, 0.5) is 4.39 Å². The van der Waals surface area contributed by atoms with Crippen LogP contribution in [0.15, 0.2) is 28.8 Å². The van der Waals surface area contributed by atoms with Gasteiger partial charge in [0.2, 0.25) is 0 Å². The summed E-state index contributed by atoms with van der Waals surface area (Å²) >= 11 is 6.18. The van der Waals surface area contributed by atoms with Gasteiger partial charge in [-0.1, -0.05) is 11.6 Å². The monoisotopic (exact) mass is 307 g/mol. The van der Waals surface area contributed by atoms with Crippen LogP contribution in [0.5, 0.6) is 0 Å². The van der Waals surface area contributed by atoms with E-state index >= 15 is 0 Å². The van der Waals surface area contributed by atoms with Crippen LogP contribution in [0, 0.1) is 12.7 Å². The van der Waals surface area contributed by atoms with Crippen LogP contribution in [0.25, 0.3) is 11.0 Å². The van der Waals surface area contributed by atoms with E-state index in [1.54, 1.807) is 16.9 Å². The molecule has 0 saturated carbocycles. The lowest BCUT2D eigenvalue weighted by molar-refractivity contribution is 0.497. The van der Waals surface area contributed by atoms with Crippen molar-refractivity contribution in [3.05, 3.63) is 52.3 Å². The van der Waals surface area contributed by atoms with Gasteiger partial charge in [0, 0.05) is 17.5 Å². The van der Waals surface area contributed by atoms with Crippen molar-refractivity contribution in [1.29, 1.82) is 0 Å². The zero-order valence-electron chi connectivity index (χ0n) is 11.7. The largest absolute Gasteiger partial charge is 0.459 e. The van der Waals surface area contributed by atoms with Crippen LogP contribution >= 0.6 is 11.6 Å². The fourth-order valence-electron chi connectivity index (χ4n) is 2.57. The highest BCUT2D eigenvalue weighted by atomic mass is 35.5. The Morgan fingerprint density at radius 2 is 2.24 bits per heavy atom. The van der Waals surface area contributed by atoms with Crippen LogP contribution in [0.1, 0.15) is 30.0 Å². The van der Waals surface area contributed by atoms with Gasteiger partial charge < -0.3 is 10.2 Å². The minimum Gasteiger partial charge on any atom is -0.459 e. The van der Waals surface area contributed by atoms with Crippen LogP contribution < -0.4 is 5.73 Å². The molecule has 6 heteroatoms. The number of hydrogen-bond acceptors (Lipinski definition) is 3. The summed E-state index contributed by atoms with van der Waals surface area (Å²) in [5.41, 5.74) is 8.43. The minimum atomic E-state index is -0.546. The highest BCUT2D eigenvalue weighted by Gasteiger charge is 2.24. The SMILES string of the molecule is CCn1ncc(Cl)c1C(N)c1oc2ccc(F)cc2c1C. The van der Waals surface area contributed by atoms with Crippen molar-refractivity contribution in [2.45, 2.75) is 26.4 Å². The van der Waals surface area contributed by atoms with Gasteiger partial charge in [0.05, 0.1) is 16.9 Å². The lowest BCUT2D eigenvalue weighted by Crippen LogP contribution is -2.17. The smallest absolute Gasteiger partial charge is 0.134 e. The molecule has 0 aliphatic heterocycles. The molecule has 1 aromatic carbocycles. The van der Waals surface area contributed by atoms with Crippen molar-refractivity contribution in [1.82, 2.24) is 9.78 Å². The number of rotatable bonds is 3. The highest BCUT2D eigenvalue weighted by Crippen LogP contribution is 2.34. The van der Waals surface area contributed by atoms with E-state index in [1.807, 2.05) is 13.8 Å². The van der Waals surface area contributed by atoms with Crippen LogP contribution in [0.3, 0.4) is 0 Å². The van der Waals surface area contributed by atoms with E-state index in [2.05, 4.69) is 5.10 Å². The molecule has 110 valence electrons. The molecule has 2 aromatic heterocycles. The summed E-state index contributed by atoms with van der Waals surface area (Å²) in [6.45, 7) is 4.48. The summed E-state index contributed by atoms with van der Waals surface area (Å²) in [4.78, 5) is 0. The molecule has 4 nitrogen and oxygen atoms in total. The average Bonchev–Trinajstić information content (AvgIpc) is 2.99. The molecular formula is C15H15ClFN3O. The third-order valence-electron chi connectivity index (χ3n) is 3.64. The number of aryl methyl sites for hydroxylation is 2. The number of nitrogens with zero attached hydrogens (tertiary/aromatic N) is 2. The second-order valence-corrected chi connectivity index (χ2v) is 5.31. The Morgan fingerprint density at radius 3 is 2.95 bits per heavy atom. The molecule has 1 unspecified atom stereocenters. The van der Waals surface area contributed by atoms with Gasteiger partial charge in [-0.2, -0.15) is 5.10 Å². The van der Waals surface area contributed by atoms with Gasteiger partial charge >= 0.3 is 0 Å². The number of halogens is 2. The lowest BCUT2D eigenvalue weighted by atomic mass is 10.1. The predicted octanol–water partition coefficient (Wildman–Crippen LogP) is 3.80. The molecule has 0 saturated heterocycles. The first-order valence-corrected chi connectivity index (χ1v) is 7.06. The maximum Gasteiger partial charge on any atom is 0.134 e. The Labute approximate surface area is 126 Å². The Morgan fingerprint density at radius 1 is 1.48 bits per heavy atom. The van der Waals surface area contributed by atoms with Gasteiger partial charge in [0.15, 0.2) is 0 Å². The minimum absolute atomic E-state index is 0.303. The second-order valence-electron chi connectivity index (χ2n) is 4.90. The molecule has 21 heavy (non-hydrogen) atoms. The van der Waals surface area contributed by atoms with E-state index in [0.29, 0.717) is 28.6 Å². The zero-order chi connectivity index (χ0) is 15.1. The predicted molar refractivity (Wildman–Crippen MR) is 79.9 cm³/mol. The Balaban J connectivity index is 2.15. The maximum absolute atomic E-state index is 13.4. The van der Waals surface area contributed by atoms with Crippen molar-refractivity contribution in [2.24, 2.45) is 5.73 Å². The average molecular weight is 308 g/mol. The van der Waals surface area contributed by atoms with Gasteiger partial charge in [-0.3, -0.25) is 4.68 Å². The molecule has 0 fully saturated rings. The van der Waals surface area contributed by atoms with E-state index in [9.17, 15) is 4.39 Å². The van der Waals surface area contributed by atoms with E-state index in [0.717, 1.165) is 10.9 Å². The third-order valence-corrected chi connectivity index (χ3v) is 3.94. The van der Waals surface area contributed by atoms with Crippen molar-refractivity contribution in [3.63, 3.8) is 0 Å². The van der Waals surface area contributed by atoms with Crippen LogP contribution in [-0.2, 0) is 6.54 Å². The lowest BCUT2D eigenvalue weighted by Gasteiger charge is -2.12. The van der Waals surface area contributed by atoms with Crippen LogP contribution in [0.2, 0.25) is 5.02 Å². The number of nitrogens with two attached hydrogens (primary N) is 1. The van der Waals surface area contributed by atoms with Gasteiger partial charge in [0.1, 0.15) is 23.2 Å². The van der Waals surface area contributed by atoms with Gasteiger partial charge in [-0.25, -0.2) is 4.39 Å². The summed E-state index contributed by atoms with van der Waals surface area (Å²) in [5.74, 6) is 0.274. The molecule has 0 aliphatic rings. The molecule has 3 rings (SSSR count). The molecule has 2 heterocycles. The Kier molecular flexibility index (Phi) is 3.47. The number of fused-ring (bicyclic) bond motifs is 1.